The Morgan fingerprint density at radius 3 is 2.85 bits per heavy atom. The van der Waals surface area contributed by atoms with E-state index in [0.29, 0.717) is 29.2 Å². The molecule has 2 aromatic rings. The molecule has 3 N–H and O–H groups in total. The van der Waals surface area contributed by atoms with Crippen molar-refractivity contribution in [3.8, 4) is 5.75 Å². The molecule has 0 saturated carbocycles. The van der Waals surface area contributed by atoms with Gasteiger partial charge in [-0.1, -0.05) is 13.0 Å². The van der Waals surface area contributed by atoms with Crippen molar-refractivity contribution < 1.29 is 9.53 Å². The zero-order valence-corrected chi connectivity index (χ0v) is 11.8. The number of amides is 1. The van der Waals surface area contributed by atoms with E-state index in [-0.39, 0.29) is 5.91 Å². The minimum Gasteiger partial charge on any atom is -0.497 e. The third kappa shape index (κ3) is 2.59. The summed E-state index contributed by atoms with van der Waals surface area (Å²) in [6, 6.07) is 7.14. The average Bonchev–Trinajstić information content (AvgIpc) is 2.73. The van der Waals surface area contributed by atoms with E-state index >= 15 is 0 Å². The minimum absolute atomic E-state index is 0.287. The Bertz CT molecular complexity index is 634. The fourth-order valence-corrected chi connectivity index (χ4v) is 2.02. The molecule has 0 radical (unpaired) electrons. The molecule has 1 aromatic carbocycles. The number of aryl methyl sites for hydroxylation is 2. The van der Waals surface area contributed by atoms with Crippen molar-refractivity contribution in [1.29, 1.82) is 0 Å². The summed E-state index contributed by atoms with van der Waals surface area (Å²) < 4.78 is 6.62. The van der Waals surface area contributed by atoms with E-state index in [4.69, 9.17) is 10.5 Å². The van der Waals surface area contributed by atoms with Crippen LogP contribution in [0.25, 0.3) is 0 Å². The Balaban J connectivity index is 2.26. The van der Waals surface area contributed by atoms with Crippen LogP contribution in [-0.4, -0.2) is 22.8 Å². The van der Waals surface area contributed by atoms with Gasteiger partial charge < -0.3 is 15.8 Å². The molecule has 0 spiro atoms. The molecule has 1 heterocycles. The zero-order chi connectivity index (χ0) is 14.7. The average molecular weight is 274 g/mol. The molecule has 0 aliphatic heterocycles. The van der Waals surface area contributed by atoms with Gasteiger partial charge in [-0.3, -0.25) is 9.48 Å². The second kappa shape index (κ2) is 5.64. The van der Waals surface area contributed by atoms with E-state index < -0.39 is 0 Å². The van der Waals surface area contributed by atoms with Crippen molar-refractivity contribution in [3.63, 3.8) is 0 Å². The Morgan fingerprint density at radius 2 is 2.25 bits per heavy atom. The Morgan fingerprint density at radius 1 is 1.50 bits per heavy atom. The number of methoxy groups -OCH3 is 1. The van der Waals surface area contributed by atoms with Crippen molar-refractivity contribution in [2.45, 2.75) is 13.3 Å². The summed E-state index contributed by atoms with van der Waals surface area (Å²) in [6.45, 7) is 1.95. The van der Waals surface area contributed by atoms with Gasteiger partial charge in [-0.05, 0) is 18.6 Å². The van der Waals surface area contributed by atoms with Gasteiger partial charge in [-0.2, -0.15) is 5.10 Å². The van der Waals surface area contributed by atoms with Gasteiger partial charge in [0.15, 0.2) is 0 Å². The summed E-state index contributed by atoms with van der Waals surface area (Å²) in [6.07, 6.45) is 0.687. The number of carbonyl (C=O) groups excluding carboxylic acids is 1. The van der Waals surface area contributed by atoms with E-state index in [2.05, 4.69) is 10.4 Å². The number of hydrogen-bond donors (Lipinski definition) is 2. The number of nitrogens with two attached hydrogens (primary N) is 1. The van der Waals surface area contributed by atoms with Crippen LogP contribution in [0, 0.1) is 0 Å². The van der Waals surface area contributed by atoms with Crippen LogP contribution in [0.4, 0.5) is 11.4 Å². The van der Waals surface area contributed by atoms with E-state index in [0.717, 1.165) is 5.69 Å². The van der Waals surface area contributed by atoms with Crippen LogP contribution in [0.5, 0.6) is 5.75 Å². The predicted octanol–water partition coefficient (Wildman–Crippen LogP) is 1.83. The molecular formula is C14H18N4O2. The van der Waals surface area contributed by atoms with Gasteiger partial charge in [0.25, 0.3) is 5.91 Å². The van der Waals surface area contributed by atoms with E-state index in [9.17, 15) is 4.79 Å². The first-order chi connectivity index (χ1) is 9.56. The Kier molecular flexibility index (Phi) is 3.93. The molecule has 106 valence electrons. The van der Waals surface area contributed by atoms with Crippen LogP contribution in [0.1, 0.15) is 23.1 Å². The lowest BCUT2D eigenvalue weighted by Crippen LogP contribution is -2.17. The lowest BCUT2D eigenvalue weighted by molar-refractivity contribution is 0.101. The van der Waals surface area contributed by atoms with Crippen molar-refractivity contribution in [2.75, 3.05) is 18.2 Å². The molecule has 0 unspecified atom stereocenters. The van der Waals surface area contributed by atoms with Gasteiger partial charge in [0.05, 0.1) is 18.5 Å². The summed E-state index contributed by atoms with van der Waals surface area (Å²) in [5, 5.41) is 7.02. The number of hydrogen-bond acceptors (Lipinski definition) is 4. The number of carbonyl (C=O) groups is 1. The number of aromatic nitrogens is 2. The molecule has 0 fully saturated rings. The van der Waals surface area contributed by atoms with E-state index in [1.807, 2.05) is 13.0 Å². The van der Waals surface area contributed by atoms with Gasteiger partial charge >= 0.3 is 0 Å². The van der Waals surface area contributed by atoms with E-state index in [1.165, 1.54) is 4.68 Å². The molecule has 0 bridgehead atoms. The van der Waals surface area contributed by atoms with Gasteiger partial charge in [0.1, 0.15) is 11.4 Å². The van der Waals surface area contributed by atoms with Crippen LogP contribution in [0.2, 0.25) is 0 Å². The van der Waals surface area contributed by atoms with Gasteiger partial charge in [-0.25, -0.2) is 0 Å². The molecule has 6 heteroatoms. The molecule has 0 aliphatic rings. The summed E-state index contributed by atoms with van der Waals surface area (Å²) in [4.78, 5) is 12.3. The van der Waals surface area contributed by atoms with Crippen LogP contribution in [-0.2, 0) is 13.5 Å². The van der Waals surface area contributed by atoms with Gasteiger partial charge in [-0.15, -0.1) is 0 Å². The highest BCUT2D eigenvalue weighted by Crippen LogP contribution is 2.21. The standard InChI is InChI=1S/C14H18N4O2/c1-4-11-12(15)13(18(2)17-11)14(19)16-9-6-5-7-10(8-9)20-3/h5-8H,4,15H2,1-3H3,(H,16,19). The maximum atomic E-state index is 12.3. The first-order valence-corrected chi connectivity index (χ1v) is 6.33. The fourth-order valence-electron chi connectivity index (χ4n) is 2.02. The SMILES string of the molecule is CCc1nn(C)c(C(=O)Nc2cccc(OC)c2)c1N. The van der Waals surface area contributed by atoms with Crippen molar-refractivity contribution in [1.82, 2.24) is 9.78 Å². The second-order valence-corrected chi connectivity index (χ2v) is 4.37. The fraction of sp³-hybridized carbons (Fsp3) is 0.286. The molecule has 0 atom stereocenters. The van der Waals surface area contributed by atoms with Crippen LogP contribution in [0.3, 0.4) is 0 Å². The molecule has 2 rings (SSSR count). The van der Waals surface area contributed by atoms with Gasteiger partial charge in [0.2, 0.25) is 0 Å². The highest BCUT2D eigenvalue weighted by Gasteiger charge is 2.19. The summed E-state index contributed by atoms with van der Waals surface area (Å²) in [5.41, 5.74) is 8.12. The highest BCUT2D eigenvalue weighted by molar-refractivity contribution is 6.06. The van der Waals surface area contributed by atoms with Crippen LogP contribution in [0.15, 0.2) is 24.3 Å². The van der Waals surface area contributed by atoms with Crippen molar-refractivity contribution >= 4 is 17.3 Å². The normalized spacial score (nSPS) is 10.3. The number of nitrogens with zero attached hydrogens (tertiary/aromatic N) is 2. The number of benzene rings is 1. The maximum Gasteiger partial charge on any atom is 0.276 e. The number of nitrogen functional groups attached to an aromatic ring is 1. The highest BCUT2D eigenvalue weighted by atomic mass is 16.5. The van der Waals surface area contributed by atoms with Crippen molar-refractivity contribution in [2.24, 2.45) is 7.05 Å². The van der Waals surface area contributed by atoms with Crippen LogP contribution >= 0.6 is 0 Å². The molecule has 1 amide bonds. The Hall–Kier alpha value is -2.50. The quantitative estimate of drug-likeness (QED) is 0.891. The van der Waals surface area contributed by atoms with Gasteiger partial charge in [0, 0.05) is 18.8 Å². The number of anilines is 2. The third-order valence-corrected chi connectivity index (χ3v) is 3.04. The van der Waals surface area contributed by atoms with Crippen molar-refractivity contribution in [3.05, 3.63) is 35.7 Å². The predicted molar refractivity (Wildman–Crippen MR) is 77.9 cm³/mol. The smallest absolute Gasteiger partial charge is 0.276 e. The molecule has 20 heavy (non-hydrogen) atoms. The number of ether oxygens (including phenoxy) is 1. The molecule has 1 aromatic heterocycles. The molecule has 6 nitrogen and oxygen atoms in total. The maximum absolute atomic E-state index is 12.3. The monoisotopic (exact) mass is 274 g/mol. The molecule has 0 aliphatic carbocycles. The molecule has 0 saturated heterocycles. The largest absolute Gasteiger partial charge is 0.497 e. The minimum atomic E-state index is -0.287. The lowest BCUT2D eigenvalue weighted by atomic mass is 10.2. The summed E-state index contributed by atoms with van der Waals surface area (Å²) in [5.74, 6) is 0.389. The topological polar surface area (TPSA) is 82.2 Å². The number of nitrogens with one attached hydrogen (secondary N) is 1. The van der Waals surface area contributed by atoms with Crippen LogP contribution < -0.4 is 15.8 Å². The second-order valence-electron chi connectivity index (χ2n) is 4.37. The zero-order valence-electron chi connectivity index (χ0n) is 11.8. The summed E-state index contributed by atoms with van der Waals surface area (Å²) in [7, 11) is 3.28. The van der Waals surface area contributed by atoms with E-state index in [1.54, 1.807) is 32.4 Å². The third-order valence-electron chi connectivity index (χ3n) is 3.04. The first-order valence-electron chi connectivity index (χ1n) is 6.33. The Labute approximate surface area is 117 Å². The summed E-state index contributed by atoms with van der Waals surface area (Å²) >= 11 is 0. The lowest BCUT2D eigenvalue weighted by Gasteiger charge is -2.07. The first kappa shape index (κ1) is 13.9. The molecular weight excluding hydrogens is 256 g/mol. The number of rotatable bonds is 4.